The fourth-order valence-corrected chi connectivity index (χ4v) is 3.32. The highest BCUT2D eigenvalue weighted by molar-refractivity contribution is 6.31. The maximum absolute atomic E-state index is 6.03. The predicted octanol–water partition coefficient (Wildman–Crippen LogP) is 4.84. The molecule has 4 aromatic rings. The largest absolute Gasteiger partial charge is 0.497 e. The second-order valence-corrected chi connectivity index (χ2v) is 7.30. The second kappa shape index (κ2) is 8.69. The van der Waals surface area contributed by atoms with Crippen LogP contribution in [-0.2, 0) is 11.3 Å². The summed E-state index contributed by atoms with van der Waals surface area (Å²) in [5, 5.41) is 9.63. The molecule has 0 aliphatic heterocycles. The number of aromatic amines is 1. The monoisotopic (exact) mass is 410 g/mol. The van der Waals surface area contributed by atoms with Crippen molar-refractivity contribution in [3.05, 3.63) is 77.2 Å². The molecule has 0 amide bonds. The van der Waals surface area contributed by atoms with Gasteiger partial charge in [-0.25, -0.2) is 4.68 Å². The highest BCUT2D eigenvalue weighted by Crippen LogP contribution is 2.21. The van der Waals surface area contributed by atoms with Crippen LogP contribution in [0.4, 0.5) is 0 Å². The molecule has 0 aliphatic rings. The molecule has 150 valence electrons. The van der Waals surface area contributed by atoms with Gasteiger partial charge in [-0.1, -0.05) is 11.6 Å². The van der Waals surface area contributed by atoms with Crippen LogP contribution < -0.4 is 10.1 Å². The van der Waals surface area contributed by atoms with Gasteiger partial charge in [-0.05, 0) is 55.5 Å². The van der Waals surface area contributed by atoms with Gasteiger partial charge in [0.2, 0.25) is 0 Å². The van der Waals surface area contributed by atoms with E-state index in [0.717, 1.165) is 38.6 Å². The number of hydrogen-bond acceptors (Lipinski definition) is 4. The van der Waals surface area contributed by atoms with E-state index in [1.54, 1.807) is 7.11 Å². The Kier molecular flexibility index (Phi) is 5.85. The number of nitrogens with zero attached hydrogens (tertiary/aromatic N) is 2. The van der Waals surface area contributed by atoms with Crippen molar-refractivity contribution in [2.75, 3.05) is 13.8 Å². The van der Waals surface area contributed by atoms with Crippen molar-refractivity contribution in [3.8, 4) is 11.4 Å². The quantitative estimate of drug-likeness (QED) is 0.322. The first kappa shape index (κ1) is 19.5. The van der Waals surface area contributed by atoms with Crippen molar-refractivity contribution in [1.29, 1.82) is 0 Å². The number of nitrogens with one attached hydrogen (secondary N) is 2. The van der Waals surface area contributed by atoms with E-state index < -0.39 is 0 Å². The number of halogens is 1. The summed E-state index contributed by atoms with van der Waals surface area (Å²) >= 11 is 6.03. The van der Waals surface area contributed by atoms with Gasteiger partial charge in [0.15, 0.2) is 0 Å². The minimum Gasteiger partial charge on any atom is -0.497 e. The third-order valence-corrected chi connectivity index (χ3v) is 5.06. The van der Waals surface area contributed by atoms with E-state index in [9.17, 15) is 0 Å². The molecule has 0 saturated heterocycles. The molecule has 2 aromatic heterocycles. The van der Waals surface area contributed by atoms with E-state index in [-0.39, 0.29) is 6.04 Å². The van der Waals surface area contributed by atoms with Crippen LogP contribution in [0.5, 0.6) is 5.75 Å². The van der Waals surface area contributed by atoms with Gasteiger partial charge in [-0.15, -0.1) is 0 Å². The van der Waals surface area contributed by atoms with E-state index in [4.69, 9.17) is 21.1 Å². The Hall–Kier alpha value is -2.80. The molecular formula is C22H23ClN4O2. The first-order valence-electron chi connectivity index (χ1n) is 9.39. The molecule has 2 aromatic carbocycles. The average Bonchev–Trinajstić information content (AvgIpc) is 3.38. The number of aromatic nitrogens is 3. The molecule has 7 heteroatoms. The summed E-state index contributed by atoms with van der Waals surface area (Å²) in [7, 11) is 1.66. The van der Waals surface area contributed by atoms with Gasteiger partial charge < -0.3 is 14.5 Å². The number of benzene rings is 2. The van der Waals surface area contributed by atoms with Gasteiger partial charge in [-0.3, -0.25) is 5.32 Å². The molecule has 0 bridgehead atoms. The zero-order chi connectivity index (χ0) is 20.2. The highest BCUT2D eigenvalue weighted by atomic mass is 35.5. The smallest absolute Gasteiger partial charge is 0.119 e. The van der Waals surface area contributed by atoms with Crippen molar-refractivity contribution in [1.82, 2.24) is 20.1 Å². The van der Waals surface area contributed by atoms with Crippen LogP contribution in [0.1, 0.15) is 24.2 Å². The number of hydrogen-bond donors (Lipinski definition) is 2. The Bertz CT molecular complexity index is 1090. The summed E-state index contributed by atoms with van der Waals surface area (Å²) in [6, 6.07) is 15.8. The van der Waals surface area contributed by atoms with Crippen LogP contribution in [-0.4, -0.2) is 28.6 Å². The molecule has 1 atom stereocenters. The van der Waals surface area contributed by atoms with Gasteiger partial charge in [0.1, 0.15) is 5.75 Å². The molecule has 0 spiro atoms. The van der Waals surface area contributed by atoms with Crippen molar-refractivity contribution in [3.63, 3.8) is 0 Å². The van der Waals surface area contributed by atoms with Gasteiger partial charge in [-0.2, -0.15) is 5.10 Å². The lowest BCUT2D eigenvalue weighted by atomic mass is 10.2. The van der Waals surface area contributed by atoms with Gasteiger partial charge in [0.05, 0.1) is 32.3 Å². The van der Waals surface area contributed by atoms with Crippen LogP contribution in [0.3, 0.4) is 0 Å². The molecule has 0 saturated carbocycles. The minimum atomic E-state index is 0.114. The van der Waals surface area contributed by atoms with Crippen molar-refractivity contribution in [2.45, 2.75) is 19.6 Å². The lowest BCUT2D eigenvalue weighted by Crippen LogP contribution is -2.21. The second-order valence-electron chi connectivity index (χ2n) is 6.86. The molecule has 6 nitrogen and oxygen atoms in total. The normalized spacial score (nSPS) is 12.4. The molecule has 29 heavy (non-hydrogen) atoms. The Balaban J connectivity index is 1.29. The van der Waals surface area contributed by atoms with Gasteiger partial charge in [0.25, 0.3) is 0 Å². The Morgan fingerprint density at radius 3 is 2.79 bits per heavy atom. The van der Waals surface area contributed by atoms with Crippen molar-refractivity contribution < 1.29 is 9.47 Å². The average molecular weight is 411 g/mol. The molecule has 1 unspecified atom stereocenters. The van der Waals surface area contributed by atoms with Crippen molar-refractivity contribution >= 4 is 22.5 Å². The highest BCUT2D eigenvalue weighted by Gasteiger charge is 2.09. The maximum atomic E-state index is 6.03. The molecule has 4 rings (SSSR count). The number of fused-ring (bicyclic) bond motifs is 1. The lowest BCUT2D eigenvalue weighted by Gasteiger charge is -2.12. The maximum Gasteiger partial charge on any atom is 0.119 e. The van der Waals surface area contributed by atoms with E-state index in [1.165, 1.54) is 0 Å². The van der Waals surface area contributed by atoms with Crippen LogP contribution in [0.25, 0.3) is 16.6 Å². The fraction of sp³-hybridized carbons (Fsp3) is 0.227. The van der Waals surface area contributed by atoms with E-state index in [0.29, 0.717) is 13.3 Å². The Morgan fingerprint density at radius 1 is 1.17 bits per heavy atom. The molecule has 2 N–H and O–H groups in total. The summed E-state index contributed by atoms with van der Waals surface area (Å²) in [4.78, 5) is 3.34. The third-order valence-electron chi connectivity index (χ3n) is 4.83. The summed E-state index contributed by atoms with van der Waals surface area (Å²) in [5.74, 6) is 0.825. The molecule has 2 heterocycles. The summed E-state index contributed by atoms with van der Waals surface area (Å²) in [6.45, 7) is 3.02. The minimum absolute atomic E-state index is 0.114. The van der Waals surface area contributed by atoms with E-state index >= 15 is 0 Å². The van der Waals surface area contributed by atoms with Crippen LogP contribution in [0, 0.1) is 0 Å². The summed E-state index contributed by atoms with van der Waals surface area (Å²) in [6.07, 6.45) is 3.88. The number of methoxy groups -OCH3 is 1. The van der Waals surface area contributed by atoms with Crippen LogP contribution >= 0.6 is 11.6 Å². The Labute approximate surface area is 174 Å². The Morgan fingerprint density at radius 2 is 2.00 bits per heavy atom. The predicted molar refractivity (Wildman–Crippen MR) is 115 cm³/mol. The lowest BCUT2D eigenvalue weighted by molar-refractivity contribution is 0.0949. The van der Waals surface area contributed by atoms with E-state index in [2.05, 4.69) is 28.4 Å². The van der Waals surface area contributed by atoms with Gasteiger partial charge in [0, 0.05) is 39.4 Å². The van der Waals surface area contributed by atoms with Crippen LogP contribution in [0.2, 0.25) is 5.02 Å². The SMILES string of the molecule is COc1ccc(-n2cc(C(C)NCOCc3cc4cc(Cl)ccc4[nH]3)cn2)cc1. The number of rotatable bonds is 8. The van der Waals surface area contributed by atoms with Crippen LogP contribution in [0.15, 0.2) is 60.9 Å². The molecular weight excluding hydrogens is 388 g/mol. The first-order chi connectivity index (χ1) is 14.1. The zero-order valence-electron chi connectivity index (χ0n) is 16.4. The molecule has 0 aliphatic carbocycles. The zero-order valence-corrected chi connectivity index (χ0v) is 17.1. The molecule has 0 radical (unpaired) electrons. The molecule has 0 fully saturated rings. The topological polar surface area (TPSA) is 64.1 Å². The number of H-pyrrole nitrogens is 1. The first-order valence-corrected chi connectivity index (χ1v) is 9.77. The number of ether oxygens (including phenoxy) is 2. The van der Waals surface area contributed by atoms with Gasteiger partial charge >= 0.3 is 0 Å². The summed E-state index contributed by atoms with van der Waals surface area (Å²) in [5.41, 5.74) is 4.15. The van der Waals surface area contributed by atoms with E-state index in [1.807, 2.05) is 59.5 Å². The van der Waals surface area contributed by atoms with Crippen molar-refractivity contribution in [2.24, 2.45) is 0 Å². The standard InChI is InChI=1S/C22H23ClN4O2/c1-15(17-11-25-27(12-17)20-4-6-21(28-2)7-5-20)24-14-29-13-19-10-16-9-18(23)3-8-22(16)26-19/h3-12,15,24,26H,13-14H2,1-2H3. The third kappa shape index (κ3) is 4.62. The fourth-order valence-electron chi connectivity index (χ4n) is 3.14. The summed E-state index contributed by atoms with van der Waals surface area (Å²) < 4.78 is 12.8.